The zero-order chi connectivity index (χ0) is 20.6. The Labute approximate surface area is 160 Å². The quantitative estimate of drug-likeness (QED) is 0.804. The van der Waals surface area contributed by atoms with Gasteiger partial charge < -0.3 is 14.6 Å². The van der Waals surface area contributed by atoms with Crippen molar-refractivity contribution in [3.05, 3.63) is 39.7 Å². The molecule has 1 aromatic heterocycles. The third-order valence-corrected chi connectivity index (χ3v) is 5.15. The van der Waals surface area contributed by atoms with Gasteiger partial charge in [0.15, 0.2) is 11.2 Å². The molecule has 1 unspecified atom stereocenters. The second kappa shape index (κ2) is 7.56. The Morgan fingerprint density at radius 1 is 1.36 bits per heavy atom. The standard InChI is InChI=1S/C19H20F2N4O3/c1-3-25-14(19(27)28)9-15(26)12-8-13(20)18(16(21)17(12)25)24-7-6-23(5-4-22)11(2)10-24/h8-9,11H,3,5-7,10H2,1-2H3,(H,27,28). The van der Waals surface area contributed by atoms with Crippen LogP contribution in [0.4, 0.5) is 14.5 Å². The summed E-state index contributed by atoms with van der Waals surface area (Å²) in [6, 6.07) is 3.83. The van der Waals surface area contributed by atoms with Crippen molar-refractivity contribution in [2.24, 2.45) is 0 Å². The fraction of sp³-hybridized carbons (Fsp3) is 0.421. The molecule has 1 aromatic carbocycles. The van der Waals surface area contributed by atoms with E-state index in [9.17, 15) is 19.1 Å². The number of aryl methyl sites for hydroxylation is 1. The Morgan fingerprint density at radius 2 is 2.07 bits per heavy atom. The minimum Gasteiger partial charge on any atom is -0.477 e. The fourth-order valence-electron chi connectivity index (χ4n) is 3.77. The number of aromatic nitrogens is 1. The van der Waals surface area contributed by atoms with Gasteiger partial charge in [-0.1, -0.05) is 0 Å². The van der Waals surface area contributed by atoms with E-state index in [1.54, 1.807) is 11.8 Å². The van der Waals surface area contributed by atoms with Crippen LogP contribution >= 0.6 is 0 Å². The van der Waals surface area contributed by atoms with Gasteiger partial charge in [-0.3, -0.25) is 9.69 Å². The molecule has 0 radical (unpaired) electrons. The highest BCUT2D eigenvalue weighted by Crippen LogP contribution is 2.31. The molecule has 0 bridgehead atoms. The van der Waals surface area contributed by atoms with Crippen LogP contribution in [-0.2, 0) is 6.54 Å². The van der Waals surface area contributed by atoms with E-state index in [1.807, 2.05) is 11.8 Å². The van der Waals surface area contributed by atoms with Crippen LogP contribution in [-0.4, -0.2) is 52.8 Å². The van der Waals surface area contributed by atoms with Crippen molar-refractivity contribution in [3.8, 4) is 6.07 Å². The van der Waals surface area contributed by atoms with Crippen molar-refractivity contribution in [2.75, 3.05) is 31.1 Å². The van der Waals surface area contributed by atoms with Crippen molar-refractivity contribution in [1.29, 1.82) is 5.26 Å². The van der Waals surface area contributed by atoms with Crippen molar-refractivity contribution in [3.63, 3.8) is 0 Å². The second-order valence-electron chi connectivity index (χ2n) is 6.78. The average molecular weight is 390 g/mol. The van der Waals surface area contributed by atoms with Gasteiger partial charge >= 0.3 is 5.97 Å². The number of nitriles is 1. The number of carboxylic acid groups (broad SMARTS) is 1. The van der Waals surface area contributed by atoms with Gasteiger partial charge in [0.1, 0.15) is 17.2 Å². The Kier molecular flexibility index (Phi) is 5.34. The number of piperazine rings is 1. The molecule has 1 atom stereocenters. The molecule has 1 N–H and O–H groups in total. The molecular weight excluding hydrogens is 370 g/mol. The topological polar surface area (TPSA) is 89.6 Å². The summed E-state index contributed by atoms with van der Waals surface area (Å²) < 4.78 is 31.4. The van der Waals surface area contributed by atoms with Gasteiger partial charge in [-0.15, -0.1) is 0 Å². The van der Waals surface area contributed by atoms with Crippen molar-refractivity contribution in [2.45, 2.75) is 26.4 Å². The summed E-state index contributed by atoms with van der Waals surface area (Å²) in [7, 11) is 0. The molecule has 0 saturated carbocycles. The SMILES string of the molecule is CCn1c(C(=O)O)cc(=O)c2cc(F)c(N3CCN(CC#N)C(C)C3)c(F)c21. The number of carboxylic acids is 1. The number of rotatable bonds is 4. The van der Waals surface area contributed by atoms with E-state index in [1.165, 1.54) is 4.57 Å². The van der Waals surface area contributed by atoms with E-state index >= 15 is 4.39 Å². The normalized spacial score (nSPS) is 17.7. The first-order valence-electron chi connectivity index (χ1n) is 8.94. The molecule has 0 amide bonds. The summed E-state index contributed by atoms with van der Waals surface area (Å²) >= 11 is 0. The third-order valence-electron chi connectivity index (χ3n) is 5.15. The molecular formula is C19H20F2N4O3. The van der Waals surface area contributed by atoms with Gasteiger partial charge in [0.2, 0.25) is 0 Å². The number of fused-ring (bicyclic) bond motifs is 1. The molecule has 2 heterocycles. The van der Waals surface area contributed by atoms with E-state index in [2.05, 4.69) is 6.07 Å². The summed E-state index contributed by atoms with van der Waals surface area (Å²) in [5.74, 6) is -3.17. The molecule has 28 heavy (non-hydrogen) atoms. The van der Waals surface area contributed by atoms with E-state index in [0.717, 1.165) is 12.1 Å². The minimum absolute atomic E-state index is 0.0957. The zero-order valence-electron chi connectivity index (χ0n) is 15.6. The largest absolute Gasteiger partial charge is 0.477 e. The summed E-state index contributed by atoms with van der Waals surface area (Å²) in [5, 5.41) is 18.0. The van der Waals surface area contributed by atoms with Crippen LogP contribution in [0.1, 0.15) is 24.3 Å². The first-order chi connectivity index (χ1) is 13.3. The Bertz CT molecular complexity index is 1040. The van der Waals surface area contributed by atoms with Gasteiger partial charge in [0, 0.05) is 38.3 Å². The summed E-state index contributed by atoms with van der Waals surface area (Å²) in [6.45, 7) is 4.89. The lowest BCUT2D eigenvalue weighted by atomic mass is 10.1. The highest BCUT2D eigenvalue weighted by Gasteiger charge is 2.29. The molecule has 0 spiro atoms. The summed E-state index contributed by atoms with van der Waals surface area (Å²) in [5.41, 5.74) is -1.58. The van der Waals surface area contributed by atoms with Gasteiger partial charge in [-0.2, -0.15) is 5.26 Å². The maximum atomic E-state index is 15.5. The highest BCUT2D eigenvalue weighted by atomic mass is 19.1. The number of hydrogen-bond acceptors (Lipinski definition) is 5. The van der Waals surface area contributed by atoms with Crippen LogP contribution in [0.3, 0.4) is 0 Å². The van der Waals surface area contributed by atoms with Crippen LogP contribution in [0.2, 0.25) is 0 Å². The Hall–Kier alpha value is -2.99. The predicted octanol–water partition coefficient (Wildman–Crippen LogP) is 2.03. The van der Waals surface area contributed by atoms with Gasteiger partial charge in [0.05, 0.1) is 23.5 Å². The van der Waals surface area contributed by atoms with E-state index in [0.29, 0.717) is 19.6 Å². The maximum absolute atomic E-state index is 15.5. The van der Waals surface area contributed by atoms with Crippen LogP contribution in [0.5, 0.6) is 0 Å². The monoisotopic (exact) mass is 390 g/mol. The number of pyridine rings is 1. The van der Waals surface area contributed by atoms with Gasteiger partial charge in [-0.25, -0.2) is 13.6 Å². The third kappa shape index (κ3) is 3.20. The minimum atomic E-state index is -1.36. The molecule has 1 saturated heterocycles. The maximum Gasteiger partial charge on any atom is 0.352 e. The lowest BCUT2D eigenvalue weighted by Crippen LogP contribution is -2.52. The molecule has 1 aliphatic rings. The number of aromatic carboxylic acids is 1. The van der Waals surface area contributed by atoms with Crippen molar-refractivity contribution >= 4 is 22.6 Å². The van der Waals surface area contributed by atoms with Gasteiger partial charge in [0.25, 0.3) is 0 Å². The fourth-order valence-corrected chi connectivity index (χ4v) is 3.77. The lowest BCUT2D eigenvalue weighted by Gasteiger charge is -2.40. The molecule has 0 aliphatic carbocycles. The average Bonchev–Trinajstić information content (AvgIpc) is 2.64. The molecule has 148 valence electrons. The van der Waals surface area contributed by atoms with E-state index in [-0.39, 0.29) is 41.4 Å². The van der Waals surface area contributed by atoms with Crippen LogP contribution in [0.25, 0.3) is 10.9 Å². The molecule has 1 aliphatic heterocycles. The number of benzene rings is 1. The van der Waals surface area contributed by atoms with Crippen LogP contribution in [0, 0.1) is 23.0 Å². The number of hydrogen-bond donors (Lipinski definition) is 1. The van der Waals surface area contributed by atoms with Crippen LogP contribution in [0.15, 0.2) is 16.9 Å². The first kappa shape index (κ1) is 19.8. The lowest BCUT2D eigenvalue weighted by molar-refractivity contribution is 0.0685. The number of anilines is 1. The zero-order valence-corrected chi connectivity index (χ0v) is 15.6. The highest BCUT2D eigenvalue weighted by molar-refractivity contribution is 5.92. The van der Waals surface area contributed by atoms with Crippen molar-refractivity contribution < 1.29 is 18.7 Å². The predicted molar refractivity (Wildman–Crippen MR) is 99.6 cm³/mol. The Morgan fingerprint density at radius 3 is 2.64 bits per heavy atom. The number of carbonyl (C=O) groups is 1. The Balaban J connectivity index is 2.19. The molecule has 3 rings (SSSR count). The first-order valence-corrected chi connectivity index (χ1v) is 8.94. The van der Waals surface area contributed by atoms with Gasteiger partial charge in [-0.05, 0) is 19.9 Å². The molecule has 7 nitrogen and oxygen atoms in total. The second-order valence-corrected chi connectivity index (χ2v) is 6.78. The number of nitrogens with zero attached hydrogens (tertiary/aromatic N) is 4. The molecule has 1 fully saturated rings. The van der Waals surface area contributed by atoms with E-state index in [4.69, 9.17) is 5.26 Å². The number of halogens is 2. The smallest absolute Gasteiger partial charge is 0.352 e. The van der Waals surface area contributed by atoms with E-state index < -0.39 is 23.0 Å². The molecule has 2 aromatic rings. The summed E-state index contributed by atoms with van der Waals surface area (Å²) in [6.07, 6.45) is 0. The molecule has 9 heteroatoms. The van der Waals surface area contributed by atoms with Crippen LogP contribution < -0.4 is 10.3 Å². The van der Waals surface area contributed by atoms with Crippen molar-refractivity contribution in [1.82, 2.24) is 9.47 Å². The summed E-state index contributed by atoms with van der Waals surface area (Å²) in [4.78, 5) is 27.2.